The smallest absolute Gasteiger partial charge is 0.284 e. The fourth-order valence-corrected chi connectivity index (χ4v) is 3.02. The van der Waals surface area contributed by atoms with Crippen molar-refractivity contribution < 1.29 is 28.1 Å². The molecule has 0 aliphatic rings. The second kappa shape index (κ2) is 8.82. The molecule has 0 unspecified atom stereocenters. The highest BCUT2D eigenvalue weighted by Gasteiger charge is 2.31. The van der Waals surface area contributed by atoms with Gasteiger partial charge in [0.15, 0.2) is 17.3 Å². The van der Waals surface area contributed by atoms with Crippen LogP contribution in [0.15, 0.2) is 40.9 Å². The molecule has 0 saturated heterocycles. The number of nitrogens with zero attached hydrogens (tertiary/aromatic N) is 2. The zero-order chi connectivity index (χ0) is 22.7. The van der Waals surface area contributed by atoms with Crippen LogP contribution in [-0.2, 0) is 0 Å². The molecule has 162 valence electrons. The van der Waals surface area contributed by atoms with Gasteiger partial charge < -0.3 is 19.3 Å². The third-order valence-electron chi connectivity index (χ3n) is 4.40. The van der Waals surface area contributed by atoms with E-state index in [2.05, 4.69) is 10.5 Å². The molecule has 1 heterocycles. The molecule has 1 N–H and O–H groups in total. The molecule has 3 rings (SSSR count). The van der Waals surface area contributed by atoms with Crippen LogP contribution >= 0.6 is 0 Å². The highest BCUT2D eigenvalue weighted by atomic mass is 19.1. The topological polar surface area (TPSA) is 117 Å². The van der Waals surface area contributed by atoms with E-state index in [4.69, 9.17) is 14.0 Å². The minimum absolute atomic E-state index is 0.0163. The number of benzene rings is 2. The third kappa shape index (κ3) is 4.32. The van der Waals surface area contributed by atoms with Gasteiger partial charge in [0, 0.05) is 17.7 Å². The summed E-state index contributed by atoms with van der Waals surface area (Å²) in [6.07, 6.45) is 0. The van der Waals surface area contributed by atoms with Crippen LogP contribution in [0.1, 0.15) is 24.2 Å². The normalized spacial score (nSPS) is 10.8. The first kappa shape index (κ1) is 21.8. The molecule has 0 saturated carbocycles. The van der Waals surface area contributed by atoms with Crippen LogP contribution in [0.2, 0.25) is 0 Å². The van der Waals surface area contributed by atoms with Gasteiger partial charge in [-0.1, -0.05) is 5.16 Å². The molecule has 9 nitrogen and oxygen atoms in total. The van der Waals surface area contributed by atoms with Crippen molar-refractivity contribution in [1.29, 1.82) is 0 Å². The van der Waals surface area contributed by atoms with Crippen molar-refractivity contribution in [3.63, 3.8) is 0 Å². The average molecular weight is 429 g/mol. The van der Waals surface area contributed by atoms with E-state index < -0.39 is 16.6 Å². The first-order valence-electron chi connectivity index (χ1n) is 9.24. The average Bonchev–Trinajstić information content (AvgIpc) is 3.17. The molecule has 10 heteroatoms. The van der Waals surface area contributed by atoms with Crippen LogP contribution in [0.5, 0.6) is 11.5 Å². The van der Waals surface area contributed by atoms with Crippen molar-refractivity contribution >= 4 is 11.6 Å². The Hall–Kier alpha value is -3.95. The van der Waals surface area contributed by atoms with Gasteiger partial charge in [-0.15, -0.1) is 0 Å². The van der Waals surface area contributed by atoms with Crippen LogP contribution in [0.25, 0.3) is 22.6 Å². The summed E-state index contributed by atoms with van der Waals surface area (Å²) in [6, 6.07) is 7.60. The Kier molecular flexibility index (Phi) is 6.19. The number of rotatable bonds is 7. The van der Waals surface area contributed by atoms with E-state index in [-0.39, 0.29) is 45.8 Å². The maximum atomic E-state index is 13.4. The Morgan fingerprint density at radius 3 is 2.32 bits per heavy atom. The van der Waals surface area contributed by atoms with Gasteiger partial charge >= 0.3 is 0 Å². The van der Waals surface area contributed by atoms with Crippen LogP contribution in [-0.4, -0.2) is 36.2 Å². The number of amides is 1. The van der Waals surface area contributed by atoms with Crippen LogP contribution in [0.4, 0.5) is 10.1 Å². The molecule has 3 aromatic rings. The Morgan fingerprint density at radius 2 is 1.77 bits per heavy atom. The molecule has 1 amide bonds. The Bertz CT molecular complexity index is 1120. The number of nitro benzene ring substituents is 1. The lowest BCUT2D eigenvalue weighted by atomic mass is 10.00. The Labute approximate surface area is 176 Å². The quantitative estimate of drug-likeness (QED) is 0.442. The summed E-state index contributed by atoms with van der Waals surface area (Å²) in [5.41, 5.74) is 0.136. The molecule has 31 heavy (non-hydrogen) atoms. The van der Waals surface area contributed by atoms with E-state index in [1.165, 1.54) is 50.6 Å². The van der Waals surface area contributed by atoms with Gasteiger partial charge in [-0.3, -0.25) is 14.9 Å². The molecule has 0 aliphatic carbocycles. The molecule has 1 aromatic heterocycles. The van der Waals surface area contributed by atoms with Gasteiger partial charge in [0.25, 0.3) is 11.6 Å². The fourth-order valence-electron chi connectivity index (χ4n) is 3.02. The summed E-state index contributed by atoms with van der Waals surface area (Å²) in [6.45, 7) is 3.53. The van der Waals surface area contributed by atoms with E-state index in [0.717, 1.165) is 0 Å². The number of nitro groups is 1. The lowest BCUT2D eigenvalue weighted by Crippen LogP contribution is -2.30. The number of halogens is 1. The van der Waals surface area contributed by atoms with E-state index in [1.54, 1.807) is 13.8 Å². The van der Waals surface area contributed by atoms with Gasteiger partial charge in [-0.05, 0) is 38.1 Å². The standard InChI is InChI=1S/C21H20FN3O6/c1-11(2)23-21(26)18-19(12-5-7-13(22)8-6-12)24-31-20(18)14-9-16(29-3)17(30-4)10-15(14)25(27)28/h5-11H,1-4H3,(H,23,26). The Morgan fingerprint density at radius 1 is 1.16 bits per heavy atom. The summed E-state index contributed by atoms with van der Waals surface area (Å²) in [5.74, 6) is -0.779. The first-order valence-corrected chi connectivity index (χ1v) is 9.24. The van der Waals surface area contributed by atoms with Crippen molar-refractivity contribution in [2.45, 2.75) is 19.9 Å². The summed E-state index contributed by atoms with van der Waals surface area (Å²) < 4.78 is 29.2. The first-order chi connectivity index (χ1) is 14.8. The SMILES string of the molecule is COc1cc(-c2onc(-c3ccc(F)cc3)c2C(=O)NC(C)C)c([N+](=O)[O-])cc1OC. The molecule has 0 fully saturated rings. The summed E-state index contributed by atoms with van der Waals surface area (Å²) >= 11 is 0. The Balaban J connectivity index is 2.30. The van der Waals surface area contributed by atoms with Gasteiger partial charge in [0.2, 0.25) is 0 Å². The zero-order valence-corrected chi connectivity index (χ0v) is 17.3. The van der Waals surface area contributed by atoms with Crippen LogP contribution in [0, 0.1) is 15.9 Å². The van der Waals surface area contributed by atoms with Crippen molar-refractivity contribution in [2.75, 3.05) is 14.2 Å². The highest BCUT2D eigenvalue weighted by Crippen LogP contribution is 2.42. The zero-order valence-electron chi connectivity index (χ0n) is 17.3. The van der Waals surface area contributed by atoms with E-state index in [0.29, 0.717) is 5.56 Å². The highest BCUT2D eigenvalue weighted by molar-refractivity contribution is 6.05. The van der Waals surface area contributed by atoms with Gasteiger partial charge in [0.1, 0.15) is 22.6 Å². The predicted octanol–water partition coefficient (Wildman–Crippen LogP) is 4.21. The summed E-state index contributed by atoms with van der Waals surface area (Å²) in [5, 5.41) is 18.4. The molecule has 2 aromatic carbocycles. The van der Waals surface area contributed by atoms with Crippen molar-refractivity contribution in [1.82, 2.24) is 10.5 Å². The summed E-state index contributed by atoms with van der Waals surface area (Å²) in [7, 11) is 2.73. The van der Waals surface area contributed by atoms with Crippen molar-refractivity contribution in [3.8, 4) is 34.1 Å². The number of aromatic nitrogens is 1. The van der Waals surface area contributed by atoms with Crippen LogP contribution < -0.4 is 14.8 Å². The van der Waals surface area contributed by atoms with Crippen LogP contribution in [0.3, 0.4) is 0 Å². The number of hydrogen-bond acceptors (Lipinski definition) is 7. The number of hydrogen-bond donors (Lipinski definition) is 1. The van der Waals surface area contributed by atoms with E-state index in [1.807, 2.05) is 0 Å². The van der Waals surface area contributed by atoms with Gasteiger partial charge in [-0.2, -0.15) is 0 Å². The maximum Gasteiger partial charge on any atom is 0.284 e. The second-order valence-electron chi connectivity index (χ2n) is 6.85. The maximum absolute atomic E-state index is 13.4. The minimum Gasteiger partial charge on any atom is -0.493 e. The lowest BCUT2D eigenvalue weighted by Gasteiger charge is -2.11. The molecule has 0 aliphatic heterocycles. The number of nitrogens with one attached hydrogen (secondary N) is 1. The molecule has 0 bridgehead atoms. The largest absolute Gasteiger partial charge is 0.493 e. The molecular weight excluding hydrogens is 409 g/mol. The van der Waals surface area contributed by atoms with E-state index >= 15 is 0 Å². The number of ether oxygens (including phenoxy) is 2. The number of carbonyl (C=O) groups is 1. The monoisotopic (exact) mass is 429 g/mol. The van der Waals surface area contributed by atoms with E-state index in [9.17, 15) is 19.3 Å². The molecular formula is C21H20FN3O6. The van der Waals surface area contributed by atoms with Crippen molar-refractivity contribution in [3.05, 3.63) is 57.9 Å². The molecule has 0 spiro atoms. The predicted molar refractivity (Wildman–Crippen MR) is 110 cm³/mol. The second-order valence-corrected chi connectivity index (χ2v) is 6.85. The lowest BCUT2D eigenvalue weighted by molar-refractivity contribution is -0.384. The van der Waals surface area contributed by atoms with Crippen molar-refractivity contribution in [2.24, 2.45) is 0 Å². The molecule has 0 atom stereocenters. The number of methoxy groups -OCH3 is 2. The summed E-state index contributed by atoms with van der Waals surface area (Å²) in [4.78, 5) is 24.1. The molecule has 0 radical (unpaired) electrons. The van der Waals surface area contributed by atoms with Gasteiger partial charge in [-0.25, -0.2) is 4.39 Å². The third-order valence-corrected chi connectivity index (χ3v) is 4.40. The fraction of sp³-hybridized carbons (Fsp3) is 0.238. The van der Waals surface area contributed by atoms with Gasteiger partial charge in [0.05, 0.1) is 25.2 Å². The minimum atomic E-state index is -0.624. The number of carbonyl (C=O) groups excluding carboxylic acids is 1.